The van der Waals surface area contributed by atoms with Crippen LogP contribution in [0.2, 0.25) is 0 Å². The number of hydrogen-bond donors (Lipinski definition) is 2. The maximum atomic E-state index is 12.8. The van der Waals surface area contributed by atoms with Gasteiger partial charge in [-0.25, -0.2) is 4.98 Å². The first-order valence-corrected chi connectivity index (χ1v) is 10.4. The minimum absolute atomic E-state index is 0.114. The molecular weight excluding hydrogens is 380 g/mol. The van der Waals surface area contributed by atoms with Crippen LogP contribution in [0.4, 0.5) is 0 Å². The van der Waals surface area contributed by atoms with E-state index in [2.05, 4.69) is 38.4 Å². The summed E-state index contributed by atoms with van der Waals surface area (Å²) in [7, 11) is 1.75. The summed E-state index contributed by atoms with van der Waals surface area (Å²) in [5.41, 5.74) is 3.45. The molecule has 0 bridgehead atoms. The van der Waals surface area contributed by atoms with Crippen molar-refractivity contribution in [3.05, 3.63) is 77.8 Å². The van der Waals surface area contributed by atoms with Crippen LogP contribution >= 0.6 is 0 Å². The third-order valence-electron chi connectivity index (χ3n) is 6.66. The van der Waals surface area contributed by atoms with E-state index in [1.807, 2.05) is 12.3 Å². The van der Waals surface area contributed by atoms with Crippen LogP contribution in [0.15, 0.2) is 59.6 Å². The first-order chi connectivity index (χ1) is 14.7. The topological polar surface area (TPSA) is 83.4 Å². The zero-order chi connectivity index (χ0) is 20.6. The van der Waals surface area contributed by atoms with E-state index in [0.717, 1.165) is 43.7 Å². The molecule has 2 atom stereocenters. The number of imidazole rings is 1. The standard InChI is InChI=1S/C23H26N4O3/c1-29-21-20(26-22(28)19-7-4-12-30-19)17-5-2-3-6-18(17)23(21)8-10-27(11-9-23)14-16-13-24-15-25-16/h2-7,12-13,15,20-21H,8-11,14H2,1H3,(H,24,25)(H,26,28)/t20-,21+/m0/s1. The van der Waals surface area contributed by atoms with Crippen LogP contribution in [-0.2, 0) is 16.7 Å². The maximum Gasteiger partial charge on any atom is 0.287 e. The molecule has 30 heavy (non-hydrogen) atoms. The molecule has 2 N–H and O–H groups in total. The van der Waals surface area contributed by atoms with E-state index >= 15 is 0 Å². The van der Waals surface area contributed by atoms with Crippen LogP contribution in [-0.4, -0.2) is 47.1 Å². The molecule has 5 rings (SSSR count). The van der Waals surface area contributed by atoms with Crippen molar-refractivity contribution in [2.24, 2.45) is 0 Å². The monoisotopic (exact) mass is 406 g/mol. The van der Waals surface area contributed by atoms with Crippen molar-refractivity contribution in [2.75, 3.05) is 20.2 Å². The number of rotatable bonds is 5. The van der Waals surface area contributed by atoms with E-state index in [4.69, 9.17) is 9.15 Å². The second kappa shape index (κ2) is 7.74. The Labute approximate surface area is 175 Å². The molecule has 0 unspecified atom stereocenters. The fraction of sp³-hybridized carbons (Fsp3) is 0.391. The van der Waals surface area contributed by atoms with Crippen molar-refractivity contribution in [1.82, 2.24) is 20.2 Å². The van der Waals surface area contributed by atoms with Crippen LogP contribution in [0.1, 0.15) is 46.3 Å². The second-order valence-electron chi connectivity index (χ2n) is 8.18. The molecule has 3 heterocycles. The number of carbonyl (C=O) groups is 1. The highest BCUT2D eigenvalue weighted by atomic mass is 16.5. The number of hydrogen-bond acceptors (Lipinski definition) is 5. The van der Waals surface area contributed by atoms with Gasteiger partial charge in [0.25, 0.3) is 5.91 Å². The highest BCUT2D eigenvalue weighted by Crippen LogP contribution is 2.52. The van der Waals surface area contributed by atoms with Gasteiger partial charge in [-0.1, -0.05) is 24.3 Å². The number of methoxy groups -OCH3 is 1. The molecule has 1 fully saturated rings. The second-order valence-corrected chi connectivity index (χ2v) is 8.18. The van der Waals surface area contributed by atoms with Crippen molar-refractivity contribution in [1.29, 1.82) is 0 Å². The van der Waals surface area contributed by atoms with Crippen molar-refractivity contribution < 1.29 is 13.9 Å². The summed E-state index contributed by atoms with van der Waals surface area (Å²) in [6.45, 7) is 2.80. The number of likely N-dealkylation sites (tertiary alicyclic amines) is 1. The molecule has 1 aromatic carbocycles. The third kappa shape index (κ3) is 3.14. The summed E-state index contributed by atoms with van der Waals surface area (Å²) in [5.74, 6) is 0.105. The van der Waals surface area contributed by atoms with Gasteiger partial charge in [0.1, 0.15) is 0 Å². The van der Waals surface area contributed by atoms with E-state index in [9.17, 15) is 4.79 Å². The number of nitrogens with one attached hydrogen (secondary N) is 2. The summed E-state index contributed by atoms with van der Waals surface area (Å²) >= 11 is 0. The number of aromatic nitrogens is 2. The molecule has 2 aromatic heterocycles. The van der Waals surface area contributed by atoms with Crippen LogP contribution in [0.5, 0.6) is 0 Å². The van der Waals surface area contributed by atoms with Crippen LogP contribution in [0.25, 0.3) is 0 Å². The molecule has 156 valence electrons. The minimum Gasteiger partial charge on any atom is -0.459 e. The zero-order valence-corrected chi connectivity index (χ0v) is 17.0. The molecule has 1 amide bonds. The van der Waals surface area contributed by atoms with Gasteiger partial charge < -0.3 is 19.5 Å². The predicted molar refractivity (Wildman–Crippen MR) is 111 cm³/mol. The fourth-order valence-corrected chi connectivity index (χ4v) is 5.27. The van der Waals surface area contributed by atoms with E-state index in [1.165, 1.54) is 11.8 Å². The Morgan fingerprint density at radius 3 is 2.83 bits per heavy atom. The van der Waals surface area contributed by atoms with Gasteiger partial charge in [-0.3, -0.25) is 9.69 Å². The average molecular weight is 406 g/mol. The van der Waals surface area contributed by atoms with E-state index < -0.39 is 0 Å². The first kappa shape index (κ1) is 19.1. The van der Waals surface area contributed by atoms with Crippen LogP contribution in [0.3, 0.4) is 0 Å². The smallest absolute Gasteiger partial charge is 0.287 e. The molecule has 2 aliphatic rings. The van der Waals surface area contributed by atoms with E-state index in [1.54, 1.807) is 25.6 Å². The highest BCUT2D eigenvalue weighted by molar-refractivity contribution is 5.91. The molecule has 1 aliphatic carbocycles. The molecular formula is C23H26N4O3. The van der Waals surface area contributed by atoms with Crippen molar-refractivity contribution in [3.8, 4) is 0 Å². The lowest BCUT2D eigenvalue weighted by molar-refractivity contribution is -0.0125. The number of furan rings is 1. The summed E-state index contributed by atoms with van der Waals surface area (Å²) in [5, 5.41) is 3.17. The number of ether oxygens (including phenoxy) is 1. The van der Waals surface area contributed by atoms with E-state index in [-0.39, 0.29) is 23.5 Å². The van der Waals surface area contributed by atoms with Crippen molar-refractivity contribution in [3.63, 3.8) is 0 Å². The number of nitrogens with zero attached hydrogens (tertiary/aromatic N) is 2. The lowest BCUT2D eigenvalue weighted by Gasteiger charge is -2.44. The maximum absolute atomic E-state index is 12.8. The summed E-state index contributed by atoms with van der Waals surface area (Å²) in [4.78, 5) is 22.5. The molecule has 3 aromatic rings. The number of fused-ring (bicyclic) bond motifs is 2. The van der Waals surface area contributed by atoms with Gasteiger partial charge in [0.05, 0.1) is 24.7 Å². The van der Waals surface area contributed by atoms with Gasteiger partial charge in [0.15, 0.2) is 5.76 Å². The van der Waals surface area contributed by atoms with Gasteiger partial charge in [-0.2, -0.15) is 0 Å². The Hall–Kier alpha value is -2.90. The average Bonchev–Trinajstić information content (AvgIpc) is 3.52. The molecule has 1 aliphatic heterocycles. The zero-order valence-electron chi connectivity index (χ0n) is 17.0. The Morgan fingerprint density at radius 1 is 1.30 bits per heavy atom. The third-order valence-corrected chi connectivity index (χ3v) is 6.66. The Balaban J connectivity index is 1.40. The van der Waals surface area contributed by atoms with E-state index in [0.29, 0.717) is 5.76 Å². The lowest BCUT2D eigenvalue weighted by Crippen LogP contribution is -2.50. The predicted octanol–water partition coefficient (Wildman–Crippen LogP) is 3.04. The Bertz CT molecular complexity index is 991. The quantitative estimate of drug-likeness (QED) is 0.681. The molecule has 1 spiro atoms. The molecule has 0 saturated carbocycles. The first-order valence-electron chi connectivity index (χ1n) is 10.4. The van der Waals surface area contributed by atoms with Crippen LogP contribution < -0.4 is 5.32 Å². The largest absolute Gasteiger partial charge is 0.459 e. The highest BCUT2D eigenvalue weighted by Gasteiger charge is 2.54. The fourth-order valence-electron chi connectivity index (χ4n) is 5.27. The molecule has 7 heteroatoms. The van der Waals surface area contributed by atoms with Crippen molar-refractivity contribution in [2.45, 2.75) is 36.9 Å². The van der Waals surface area contributed by atoms with Gasteiger partial charge in [-0.05, 0) is 49.2 Å². The van der Waals surface area contributed by atoms with Gasteiger partial charge in [0.2, 0.25) is 0 Å². The number of piperidine rings is 1. The van der Waals surface area contributed by atoms with Gasteiger partial charge >= 0.3 is 0 Å². The SMILES string of the molecule is CO[C@@H]1[C@@H](NC(=O)c2ccco2)c2ccccc2C12CCN(Cc1cnc[nH]1)CC2. The molecule has 0 radical (unpaired) electrons. The lowest BCUT2D eigenvalue weighted by atomic mass is 9.72. The summed E-state index contributed by atoms with van der Waals surface area (Å²) < 4.78 is 11.4. The number of H-pyrrole nitrogens is 1. The van der Waals surface area contributed by atoms with Crippen LogP contribution in [0, 0.1) is 0 Å². The van der Waals surface area contributed by atoms with Gasteiger partial charge in [0, 0.05) is 31.0 Å². The number of carbonyl (C=O) groups excluding carboxylic acids is 1. The number of aromatic amines is 1. The Morgan fingerprint density at radius 2 is 2.13 bits per heavy atom. The number of amides is 1. The number of benzene rings is 1. The summed E-state index contributed by atoms with van der Waals surface area (Å²) in [6, 6.07) is 11.6. The summed E-state index contributed by atoms with van der Waals surface area (Å²) in [6.07, 6.45) is 6.95. The normalized spacial score (nSPS) is 22.8. The molecule has 7 nitrogen and oxygen atoms in total. The van der Waals surface area contributed by atoms with Crippen molar-refractivity contribution >= 4 is 5.91 Å². The Kier molecular flexibility index (Phi) is 4.92. The minimum atomic E-state index is -0.212. The molecule has 1 saturated heterocycles. The van der Waals surface area contributed by atoms with Gasteiger partial charge in [-0.15, -0.1) is 0 Å².